The van der Waals surface area contributed by atoms with E-state index in [1.807, 2.05) is 6.92 Å². The van der Waals surface area contributed by atoms with Gasteiger partial charge in [-0.3, -0.25) is 10.2 Å². The summed E-state index contributed by atoms with van der Waals surface area (Å²) in [5.74, 6) is 0. The zero-order valence-corrected chi connectivity index (χ0v) is 12.5. The summed E-state index contributed by atoms with van der Waals surface area (Å²) in [4.78, 5) is 2.43. The Bertz CT molecular complexity index is 255. The first-order chi connectivity index (χ1) is 7.75. The molecule has 2 unspecified atom stereocenters. The second-order valence-corrected chi connectivity index (χ2v) is 5.72. The minimum atomic E-state index is -0.435. The largest absolute Gasteiger partial charge is 0.298 e. The van der Waals surface area contributed by atoms with Crippen LogP contribution in [0.1, 0.15) is 54.9 Å². The molecule has 0 aromatic carbocycles. The molecule has 0 saturated heterocycles. The summed E-state index contributed by atoms with van der Waals surface area (Å²) in [7, 11) is 0. The van der Waals surface area contributed by atoms with Crippen LogP contribution in [0, 0.1) is 11.3 Å². The van der Waals surface area contributed by atoms with E-state index in [0.29, 0.717) is 18.1 Å². The first-order valence-electron chi connectivity index (χ1n) is 6.70. The van der Waals surface area contributed by atoms with E-state index in [1.54, 1.807) is 0 Å². The molecule has 0 radical (unpaired) electrons. The van der Waals surface area contributed by atoms with Gasteiger partial charge in [0.15, 0.2) is 0 Å². The summed E-state index contributed by atoms with van der Waals surface area (Å²) in [5, 5.41) is 12.7. The molecule has 17 heavy (non-hydrogen) atoms. The van der Waals surface area contributed by atoms with E-state index in [4.69, 9.17) is 0 Å². The van der Waals surface area contributed by atoms with Crippen LogP contribution < -0.4 is 5.32 Å². The highest BCUT2D eigenvalue weighted by Crippen LogP contribution is 2.18. The molecule has 0 rings (SSSR count). The van der Waals surface area contributed by atoms with Crippen LogP contribution in [0.15, 0.2) is 0 Å². The average Bonchev–Trinajstić information content (AvgIpc) is 2.16. The Morgan fingerprint density at radius 3 is 2.06 bits per heavy atom. The van der Waals surface area contributed by atoms with E-state index in [2.05, 4.69) is 57.8 Å². The van der Waals surface area contributed by atoms with Gasteiger partial charge in [-0.1, -0.05) is 6.92 Å². The van der Waals surface area contributed by atoms with Gasteiger partial charge < -0.3 is 0 Å². The van der Waals surface area contributed by atoms with Crippen LogP contribution in [0.25, 0.3) is 0 Å². The second-order valence-electron chi connectivity index (χ2n) is 5.72. The lowest BCUT2D eigenvalue weighted by Crippen LogP contribution is -2.50. The zero-order chi connectivity index (χ0) is 13.6. The molecular formula is C14H29N3. The number of hydrogen-bond donors (Lipinski definition) is 1. The van der Waals surface area contributed by atoms with Gasteiger partial charge in [-0.05, 0) is 54.5 Å². The molecule has 3 heteroatoms. The molecule has 3 nitrogen and oxygen atoms in total. The lowest BCUT2D eigenvalue weighted by Gasteiger charge is -2.36. The minimum Gasteiger partial charge on any atom is -0.298 e. The lowest BCUT2D eigenvalue weighted by molar-refractivity contribution is 0.145. The highest BCUT2D eigenvalue weighted by molar-refractivity contribution is 5.06. The molecule has 0 amide bonds. The summed E-state index contributed by atoms with van der Waals surface area (Å²) >= 11 is 0. The second kappa shape index (κ2) is 6.98. The van der Waals surface area contributed by atoms with Gasteiger partial charge in [0.05, 0.1) is 6.07 Å². The maximum absolute atomic E-state index is 9.35. The maximum Gasteiger partial charge on any atom is 0.105 e. The number of nitrogens with zero attached hydrogens (tertiary/aromatic N) is 2. The predicted molar refractivity (Wildman–Crippen MR) is 73.9 cm³/mol. The zero-order valence-electron chi connectivity index (χ0n) is 12.5. The monoisotopic (exact) mass is 239 g/mol. The third-order valence-corrected chi connectivity index (χ3v) is 3.15. The highest BCUT2D eigenvalue weighted by Gasteiger charge is 2.29. The smallest absolute Gasteiger partial charge is 0.105 e. The van der Waals surface area contributed by atoms with Crippen LogP contribution >= 0.6 is 0 Å². The molecule has 0 aliphatic heterocycles. The lowest BCUT2D eigenvalue weighted by atomic mass is 9.93. The van der Waals surface area contributed by atoms with Crippen molar-refractivity contribution < 1.29 is 0 Å². The molecule has 100 valence electrons. The van der Waals surface area contributed by atoms with Crippen molar-refractivity contribution in [3.05, 3.63) is 0 Å². The topological polar surface area (TPSA) is 39.1 Å². The van der Waals surface area contributed by atoms with E-state index < -0.39 is 5.54 Å². The molecular weight excluding hydrogens is 210 g/mol. The van der Waals surface area contributed by atoms with Crippen molar-refractivity contribution in [3.63, 3.8) is 0 Å². The summed E-state index contributed by atoms with van der Waals surface area (Å²) in [6, 6.07) is 3.69. The fourth-order valence-electron chi connectivity index (χ4n) is 2.67. The van der Waals surface area contributed by atoms with Crippen LogP contribution in [0.4, 0.5) is 0 Å². The van der Waals surface area contributed by atoms with Gasteiger partial charge in [-0.25, -0.2) is 0 Å². The molecule has 0 aliphatic rings. The van der Waals surface area contributed by atoms with Crippen molar-refractivity contribution >= 4 is 0 Å². The number of hydrogen-bond acceptors (Lipinski definition) is 3. The van der Waals surface area contributed by atoms with Gasteiger partial charge in [0, 0.05) is 18.1 Å². The third-order valence-electron chi connectivity index (χ3n) is 3.15. The Labute approximate surface area is 107 Å². The van der Waals surface area contributed by atoms with Crippen molar-refractivity contribution in [1.82, 2.24) is 10.2 Å². The van der Waals surface area contributed by atoms with E-state index in [-0.39, 0.29) is 0 Å². The quantitative estimate of drug-likeness (QED) is 0.742. The maximum atomic E-state index is 9.35. The van der Waals surface area contributed by atoms with Gasteiger partial charge in [0.1, 0.15) is 5.54 Å². The standard InChI is InChI=1S/C14H29N3/c1-8-17(12(4)5)13(6)9-14(7,10-15)16-11(2)3/h11-13,16H,8-9H2,1-7H3. The van der Waals surface area contributed by atoms with Crippen molar-refractivity contribution in [2.45, 2.75) is 78.6 Å². The molecule has 0 spiro atoms. The Morgan fingerprint density at radius 2 is 1.76 bits per heavy atom. The SMILES string of the molecule is CCN(C(C)C)C(C)CC(C)(C#N)NC(C)C. The summed E-state index contributed by atoms with van der Waals surface area (Å²) in [5.41, 5.74) is -0.435. The number of rotatable bonds is 7. The highest BCUT2D eigenvalue weighted by atomic mass is 15.2. The molecule has 0 aliphatic carbocycles. The van der Waals surface area contributed by atoms with Gasteiger partial charge in [0.25, 0.3) is 0 Å². The van der Waals surface area contributed by atoms with Crippen LogP contribution in [0.3, 0.4) is 0 Å². The van der Waals surface area contributed by atoms with E-state index in [9.17, 15) is 5.26 Å². The molecule has 0 aromatic rings. The number of nitrogens with one attached hydrogen (secondary N) is 1. The fourth-order valence-corrected chi connectivity index (χ4v) is 2.67. The van der Waals surface area contributed by atoms with Crippen LogP contribution in [-0.2, 0) is 0 Å². The molecule has 0 bridgehead atoms. The predicted octanol–water partition coefficient (Wildman–Crippen LogP) is 2.78. The molecule has 0 saturated carbocycles. The molecule has 2 atom stereocenters. The minimum absolute atomic E-state index is 0.334. The Kier molecular flexibility index (Phi) is 6.74. The molecule has 1 N–H and O–H groups in total. The van der Waals surface area contributed by atoms with Gasteiger partial charge in [-0.2, -0.15) is 5.26 Å². The Morgan fingerprint density at radius 1 is 1.24 bits per heavy atom. The Balaban J connectivity index is 4.62. The van der Waals surface area contributed by atoms with E-state index >= 15 is 0 Å². The summed E-state index contributed by atoms with van der Waals surface area (Å²) in [6.45, 7) is 16.0. The van der Waals surface area contributed by atoms with Gasteiger partial charge >= 0.3 is 0 Å². The van der Waals surface area contributed by atoms with E-state index in [0.717, 1.165) is 13.0 Å². The molecule has 0 heterocycles. The van der Waals surface area contributed by atoms with Gasteiger partial charge in [0.2, 0.25) is 0 Å². The van der Waals surface area contributed by atoms with Crippen molar-refractivity contribution in [1.29, 1.82) is 5.26 Å². The van der Waals surface area contributed by atoms with Gasteiger partial charge in [-0.15, -0.1) is 0 Å². The first-order valence-corrected chi connectivity index (χ1v) is 6.70. The molecule has 0 aromatic heterocycles. The van der Waals surface area contributed by atoms with Crippen LogP contribution in [-0.4, -0.2) is 35.1 Å². The normalized spacial score (nSPS) is 17.2. The summed E-state index contributed by atoms with van der Waals surface area (Å²) < 4.78 is 0. The third kappa shape index (κ3) is 5.52. The average molecular weight is 239 g/mol. The van der Waals surface area contributed by atoms with Crippen molar-refractivity contribution in [2.24, 2.45) is 0 Å². The van der Waals surface area contributed by atoms with E-state index in [1.165, 1.54) is 0 Å². The number of nitriles is 1. The first kappa shape index (κ1) is 16.4. The molecule has 0 fully saturated rings. The van der Waals surface area contributed by atoms with Crippen LogP contribution in [0.5, 0.6) is 0 Å². The summed E-state index contributed by atoms with van der Waals surface area (Å²) in [6.07, 6.45) is 0.855. The Hall–Kier alpha value is -0.590. The van der Waals surface area contributed by atoms with Crippen LogP contribution in [0.2, 0.25) is 0 Å². The fraction of sp³-hybridized carbons (Fsp3) is 0.929. The van der Waals surface area contributed by atoms with Crippen molar-refractivity contribution in [3.8, 4) is 6.07 Å². The van der Waals surface area contributed by atoms with Crippen molar-refractivity contribution in [2.75, 3.05) is 6.54 Å².